The second-order valence-electron chi connectivity index (χ2n) is 5.02. The molecule has 1 fully saturated rings. The van der Waals surface area contributed by atoms with E-state index in [-0.39, 0.29) is 0 Å². The monoisotopic (exact) mass is 252 g/mol. The molecule has 0 radical (unpaired) electrons. The largest absolute Gasteiger partial charge is 0.326 e. The molecule has 0 amide bonds. The molecule has 2 rings (SSSR count). The zero-order valence-electron chi connectivity index (χ0n) is 10.4. The molecule has 1 aliphatic rings. The maximum Gasteiger partial charge on any atom is 0.0406 e. The number of nitrogens with zero attached hydrogens (tertiary/aromatic N) is 1. The Balaban J connectivity index is 1.83. The highest BCUT2D eigenvalue weighted by Gasteiger charge is 2.26. The first-order valence-electron chi connectivity index (χ1n) is 6.37. The average Bonchev–Trinajstić information content (AvgIpc) is 2.74. The summed E-state index contributed by atoms with van der Waals surface area (Å²) in [5.41, 5.74) is 7.45. The SMILES string of the molecule is CN(CCc1ccc(Cl)cc1)[C@@H]1CCC[C@H]1N. The lowest BCUT2D eigenvalue weighted by Crippen LogP contribution is -2.42. The molecule has 0 heterocycles. The molecule has 17 heavy (non-hydrogen) atoms. The van der Waals surface area contributed by atoms with Crippen LogP contribution >= 0.6 is 11.6 Å². The molecule has 2 atom stereocenters. The molecule has 1 aliphatic carbocycles. The first-order valence-corrected chi connectivity index (χ1v) is 6.75. The molecule has 3 heteroatoms. The third kappa shape index (κ3) is 3.44. The van der Waals surface area contributed by atoms with Gasteiger partial charge in [-0.2, -0.15) is 0 Å². The van der Waals surface area contributed by atoms with Gasteiger partial charge in [-0.3, -0.25) is 0 Å². The van der Waals surface area contributed by atoms with Gasteiger partial charge in [0.15, 0.2) is 0 Å². The third-order valence-electron chi connectivity index (χ3n) is 3.76. The van der Waals surface area contributed by atoms with E-state index in [1.54, 1.807) is 0 Å². The lowest BCUT2D eigenvalue weighted by atomic mass is 10.1. The van der Waals surface area contributed by atoms with E-state index in [4.69, 9.17) is 17.3 Å². The lowest BCUT2D eigenvalue weighted by molar-refractivity contribution is 0.231. The summed E-state index contributed by atoms with van der Waals surface area (Å²) in [5, 5.41) is 0.805. The molecule has 2 N–H and O–H groups in total. The predicted octanol–water partition coefficient (Wildman–Crippen LogP) is 2.69. The van der Waals surface area contributed by atoms with Crippen molar-refractivity contribution >= 4 is 11.6 Å². The summed E-state index contributed by atoms with van der Waals surface area (Å²) in [6, 6.07) is 9.05. The van der Waals surface area contributed by atoms with Crippen LogP contribution in [-0.4, -0.2) is 30.6 Å². The van der Waals surface area contributed by atoms with Gasteiger partial charge in [-0.1, -0.05) is 30.2 Å². The maximum atomic E-state index is 6.11. The number of halogens is 1. The number of hydrogen-bond acceptors (Lipinski definition) is 2. The molecular weight excluding hydrogens is 232 g/mol. The second kappa shape index (κ2) is 5.85. The van der Waals surface area contributed by atoms with Crippen LogP contribution in [0.15, 0.2) is 24.3 Å². The van der Waals surface area contributed by atoms with E-state index in [0.29, 0.717) is 12.1 Å². The van der Waals surface area contributed by atoms with Gasteiger partial charge in [0, 0.05) is 23.7 Å². The van der Waals surface area contributed by atoms with Crippen molar-refractivity contribution in [3.05, 3.63) is 34.9 Å². The van der Waals surface area contributed by atoms with Crippen LogP contribution in [0.4, 0.5) is 0 Å². The molecule has 2 nitrogen and oxygen atoms in total. The van der Waals surface area contributed by atoms with Crippen molar-refractivity contribution in [2.45, 2.75) is 37.8 Å². The van der Waals surface area contributed by atoms with Gasteiger partial charge >= 0.3 is 0 Å². The van der Waals surface area contributed by atoms with E-state index in [1.807, 2.05) is 12.1 Å². The predicted molar refractivity (Wildman–Crippen MR) is 73.4 cm³/mol. The fourth-order valence-corrected chi connectivity index (χ4v) is 2.76. The summed E-state index contributed by atoms with van der Waals surface area (Å²) in [5.74, 6) is 0. The summed E-state index contributed by atoms with van der Waals surface area (Å²) in [6.45, 7) is 1.07. The van der Waals surface area contributed by atoms with Gasteiger partial charge in [0.1, 0.15) is 0 Å². The van der Waals surface area contributed by atoms with E-state index < -0.39 is 0 Å². The zero-order chi connectivity index (χ0) is 12.3. The van der Waals surface area contributed by atoms with Crippen molar-refractivity contribution in [3.63, 3.8) is 0 Å². The Morgan fingerprint density at radius 3 is 2.59 bits per heavy atom. The maximum absolute atomic E-state index is 6.11. The van der Waals surface area contributed by atoms with E-state index >= 15 is 0 Å². The van der Waals surface area contributed by atoms with Crippen LogP contribution in [-0.2, 0) is 6.42 Å². The van der Waals surface area contributed by atoms with Gasteiger partial charge in [-0.15, -0.1) is 0 Å². The van der Waals surface area contributed by atoms with Crippen molar-refractivity contribution < 1.29 is 0 Å². The van der Waals surface area contributed by atoms with Crippen LogP contribution in [0.25, 0.3) is 0 Å². The summed E-state index contributed by atoms with van der Waals surface area (Å²) < 4.78 is 0. The van der Waals surface area contributed by atoms with E-state index in [9.17, 15) is 0 Å². The molecule has 0 aromatic heterocycles. The second-order valence-corrected chi connectivity index (χ2v) is 5.46. The minimum Gasteiger partial charge on any atom is -0.326 e. The molecule has 0 aliphatic heterocycles. The average molecular weight is 253 g/mol. The van der Waals surface area contributed by atoms with Gasteiger partial charge in [-0.05, 0) is 44.0 Å². The normalized spacial score (nSPS) is 24.5. The zero-order valence-corrected chi connectivity index (χ0v) is 11.2. The van der Waals surface area contributed by atoms with Crippen molar-refractivity contribution in [2.24, 2.45) is 5.73 Å². The summed E-state index contributed by atoms with van der Waals surface area (Å²) in [6.07, 6.45) is 4.77. The number of likely N-dealkylation sites (N-methyl/N-ethyl adjacent to an activating group) is 1. The molecule has 1 aromatic carbocycles. The minimum absolute atomic E-state index is 0.366. The Bertz CT molecular complexity index is 350. The number of rotatable bonds is 4. The van der Waals surface area contributed by atoms with E-state index in [2.05, 4.69) is 24.1 Å². The smallest absolute Gasteiger partial charge is 0.0406 e. The Kier molecular flexibility index (Phi) is 4.43. The van der Waals surface area contributed by atoms with E-state index in [0.717, 1.165) is 18.0 Å². The standard InChI is InChI=1S/C14H21ClN2/c1-17(14-4-2-3-13(14)16)10-9-11-5-7-12(15)8-6-11/h5-8,13-14H,2-4,9-10,16H2,1H3/t13-,14-/m1/s1. The Hall–Kier alpha value is -0.570. The Morgan fingerprint density at radius 1 is 1.29 bits per heavy atom. The fourth-order valence-electron chi connectivity index (χ4n) is 2.64. The fraction of sp³-hybridized carbons (Fsp3) is 0.571. The van der Waals surface area contributed by atoms with Gasteiger partial charge in [0.25, 0.3) is 0 Å². The van der Waals surface area contributed by atoms with Crippen molar-refractivity contribution in [1.29, 1.82) is 0 Å². The van der Waals surface area contributed by atoms with Gasteiger partial charge in [0.05, 0.1) is 0 Å². The Morgan fingerprint density at radius 2 is 2.00 bits per heavy atom. The highest BCUT2D eigenvalue weighted by molar-refractivity contribution is 6.30. The van der Waals surface area contributed by atoms with Gasteiger partial charge < -0.3 is 10.6 Å². The quantitative estimate of drug-likeness (QED) is 0.893. The lowest BCUT2D eigenvalue weighted by Gasteiger charge is -2.27. The van der Waals surface area contributed by atoms with Crippen LogP contribution in [0.3, 0.4) is 0 Å². The van der Waals surface area contributed by atoms with Crippen LogP contribution < -0.4 is 5.73 Å². The van der Waals surface area contributed by atoms with Gasteiger partial charge in [0.2, 0.25) is 0 Å². The topological polar surface area (TPSA) is 29.3 Å². The summed E-state index contributed by atoms with van der Waals surface area (Å²) >= 11 is 5.87. The van der Waals surface area contributed by atoms with Crippen molar-refractivity contribution in [2.75, 3.05) is 13.6 Å². The van der Waals surface area contributed by atoms with Gasteiger partial charge in [-0.25, -0.2) is 0 Å². The van der Waals surface area contributed by atoms with Crippen LogP contribution in [0.5, 0.6) is 0 Å². The minimum atomic E-state index is 0.366. The first kappa shape index (κ1) is 12.9. The van der Waals surface area contributed by atoms with Crippen LogP contribution in [0.2, 0.25) is 5.02 Å². The highest BCUT2D eigenvalue weighted by atomic mass is 35.5. The summed E-state index contributed by atoms with van der Waals surface area (Å²) in [7, 11) is 2.19. The molecule has 0 unspecified atom stereocenters. The number of hydrogen-bond donors (Lipinski definition) is 1. The van der Waals surface area contributed by atoms with Crippen LogP contribution in [0.1, 0.15) is 24.8 Å². The van der Waals surface area contributed by atoms with E-state index in [1.165, 1.54) is 24.8 Å². The van der Waals surface area contributed by atoms with Crippen molar-refractivity contribution in [3.8, 4) is 0 Å². The Labute approximate surface area is 109 Å². The highest BCUT2D eigenvalue weighted by Crippen LogP contribution is 2.22. The summed E-state index contributed by atoms with van der Waals surface area (Å²) in [4.78, 5) is 2.41. The van der Waals surface area contributed by atoms with Crippen molar-refractivity contribution in [1.82, 2.24) is 4.90 Å². The molecule has 0 saturated heterocycles. The molecule has 0 spiro atoms. The first-order chi connectivity index (χ1) is 8.16. The third-order valence-corrected chi connectivity index (χ3v) is 4.02. The van der Waals surface area contributed by atoms with Crippen LogP contribution in [0, 0.1) is 0 Å². The molecular formula is C14H21ClN2. The number of nitrogens with two attached hydrogens (primary N) is 1. The molecule has 0 bridgehead atoms. The molecule has 1 saturated carbocycles. The molecule has 1 aromatic rings. The molecule has 94 valence electrons. The number of benzene rings is 1.